The van der Waals surface area contributed by atoms with Crippen molar-refractivity contribution in [3.63, 3.8) is 0 Å². The van der Waals surface area contributed by atoms with Gasteiger partial charge in [-0.25, -0.2) is 0 Å². The molecule has 0 bridgehead atoms. The molecule has 0 radical (unpaired) electrons. The molecule has 10 rings (SSSR count). The first-order chi connectivity index (χ1) is 25.8. The Labute approximate surface area is 312 Å². The number of hydrogen-bond donors (Lipinski definition) is 0. The van der Waals surface area contributed by atoms with E-state index in [-0.39, 0.29) is 10.8 Å². The Morgan fingerprint density at radius 3 is 1.40 bits per heavy atom. The Balaban J connectivity index is 1.19. The topological polar surface area (TPSA) is 3.24 Å². The number of nitrogens with zero attached hydrogens (tertiary/aromatic N) is 1. The van der Waals surface area contributed by atoms with Crippen LogP contribution in [-0.2, 0) is 10.8 Å². The first-order valence-electron chi connectivity index (χ1n) is 18.8. The highest BCUT2D eigenvalue weighted by Crippen LogP contribution is 2.58. The lowest BCUT2D eigenvalue weighted by molar-refractivity contribution is 0.652. The lowest BCUT2D eigenvalue weighted by atomic mass is 9.79. The van der Waals surface area contributed by atoms with Gasteiger partial charge in [0, 0.05) is 27.6 Å². The first kappa shape index (κ1) is 31.5. The minimum atomic E-state index is -0.194. The standard InChI is InChI=1S/C52H41N/c1-51(2)45-22-14-13-19-40(45)43-31-47-44(32-46(43)51)50-42-21-12-11-20-41(42)49(33-48(50)52(47,3)4)53(38-27-23-36(24-28-38)34-15-7-5-8-16-34)39-29-25-37(26-30-39)35-17-9-6-10-18-35/h5-33H,1-4H3. The van der Waals surface area contributed by atoms with Gasteiger partial charge >= 0.3 is 0 Å². The maximum Gasteiger partial charge on any atom is 0.0543 e. The van der Waals surface area contributed by atoms with Crippen LogP contribution in [0.4, 0.5) is 17.1 Å². The van der Waals surface area contributed by atoms with Crippen LogP contribution in [0.25, 0.3) is 55.3 Å². The average molecular weight is 680 g/mol. The van der Waals surface area contributed by atoms with Crippen LogP contribution >= 0.6 is 0 Å². The van der Waals surface area contributed by atoms with Crippen molar-refractivity contribution in [3.8, 4) is 44.5 Å². The van der Waals surface area contributed by atoms with Crippen LogP contribution in [-0.4, -0.2) is 0 Å². The van der Waals surface area contributed by atoms with E-state index in [2.05, 4.69) is 209 Å². The summed E-state index contributed by atoms with van der Waals surface area (Å²) in [5.74, 6) is 0. The number of fused-ring (bicyclic) bond motifs is 8. The van der Waals surface area contributed by atoms with Crippen molar-refractivity contribution in [1.82, 2.24) is 0 Å². The molecule has 254 valence electrons. The van der Waals surface area contributed by atoms with Gasteiger partial charge in [0.2, 0.25) is 0 Å². The van der Waals surface area contributed by atoms with Gasteiger partial charge in [0.05, 0.1) is 5.69 Å². The van der Waals surface area contributed by atoms with Crippen molar-refractivity contribution in [2.75, 3.05) is 4.90 Å². The summed E-state index contributed by atoms with van der Waals surface area (Å²) in [6.07, 6.45) is 0. The average Bonchev–Trinajstić information content (AvgIpc) is 3.57. The summed E-state index contributed by atoms with van der Waals surface area (Å²) in [5, 5.41) is 2.55. The molecule has 2 aliphatic carbocycles. The molecule has 0 atom stereocenters. The quantitative estimate of drug-likeness (QED) is 0.175. The van der Waals surface area contributed by atoms with E-state index in [0.29, 0.717) is 0 Å². The Kier molecular flexibility index (Phi) is 6.94. The highest BCUT2D eigenvalue weighted by atomic mass is 15.1. The van der Waals surface area contributed by atoms with Crippen molar-refractivity contribution < 1.29 is 0 Å². The van der Waals surface area contributed by atoms with Crippen molar-refractivity contribution in [1.29, 1.82) is 0 Å². The number of benzene rings is 8. The fourth-order valence-electron chi connectivity index (χ4n) is 9.24. The Bertz CT molecular complexity index is 2600. The fraction of sp³-hybridized carbons (Fsp3) is 0.115. The van der Waals surface area contributed by atoms with Crippen LogP contribution in [0.15, 0.2) is 176 Å². The monoisotopic (exact) mass is 679 g/mol. The molecule has 0 saturated heterocycles. The predicted octanol–water partition coefficient (Wildman–Crippen LogP) is 14.3. The molecule has 0 N–H and O–H groups in total. The molecule has 8 aromatic carbocycles. The van der Waals surface area contributed by atoms with Gasteiger partial charge in [-0.05, 0) is 115 Å². The van der Waals surface area contributed by atoms with E-state index in [1.807, 2.05) is 0 Å². The molecule has 1 nitrogen and oxygen atoms in total. The van der Waals surface area contributed by atoms with Gasteiger partial charge in [-0.2, -0.15) is 0 Å². The van der Waals surface area contributed by atoms with Crippen molar-refractivity contribution in [2.24, 2.45) is 0 Å². The molecule has 0 aromatic heterocycles. The van der Waals surface area contributed by atoms with E-state index in [1.54, 1.807) is 0 Å². The van der Waals surface area contributed by atoms with E-state index in [4.69, 9.17) is 0 Å². The summed E-state index contributed by atoms with van der Waals surface area (Å²) >= 11 is 0. The zero-order chi connectivity index (χ0) is 35.9. The fourth-order valence-corrected chi connectivity index (χ4v) is 9.24. The minimum absolute atomic E-state index is 0.0573. The highest BCUT2D eigenvalue weighted by molar-refractivity contribution is 6.10. The molecule has 1 heteroatoms. The smallest absolute Gasteiger partial charge is 0.0543 e. The van der Waals surface area contributed by atoms with E-state index >= 15 is 0 Å². The molecule has 0 saturated carbocycles. The Hall–Kier alpha value is -6.18. The lowest BCUT2D eigenvalue weighted by Crippen LogP contribution is -2.18. The third-order valence-corrected chi connectivity index (χ3v) is 12.1. The maximum absolute atomic E-state index is 2.53. The second-order valence-corrected chi connectivity index (χ2v) is 15.8. The summed E-state index contributed by atoms with van der Waals surface area (Å²) < 4.78 is 0. The van der Waals surface area contributed by atoms with E-state index in [9.17, 15) is 0 Å². The second kappa shape index (κ2) is 11.7. The molecule has 0 spiro atoms. The van der Waals surface area contributed by atoms with Crippen molar-refractivity contribution in [2.45, 2.75) is 38.5 Å². The van der Waals surface area contributed by atoms with Gasteiger partial charge in [-0.1, -0.05) is 161 Å². The summed E-state index contributed by atoms with van der Waals surface area (Å²) in [7, 11) is 0. The van der Waals surface area contributed by atoms with Crippen LogP contribution < -0.4 is 4.90 Å². The number of anilines is 3. The summed E-state index contributed by atoms with van der Waals surface area (Å²) in [4.78, 5) is 2.46. The number of hydrogen-bond acceptors (Lipinski definition) is 1. The van der Waals surface area contributed by atoms with Gasteiger partial charge < -0.3 is 4.90 Å². The Morgan fingerprint density at radius 1 is 0.340 bits per heavy atom. The summed E-state index contributed by atoms with van der Waals surface area (Å²) in [6.45, 7) is 9.61. The minimum Gasteiger partial charge on any atom is -0.310 e. The lowest BCUT2D eigenvalue weighted by Gasteiger charge is -2.30. The molecular weight excluding hydrogens is 639 g/mol. The zero-order valence-corrected chi connectivity index (χ0v) is 30.7. The van der Waals surface area contributed by atoms with E-state index in [0.717, 1.165) is 11.4 Å². The zero-order valence-electron chi connectivity index (χ0n) is 30.7. The first-order valence-corrected chi connectivity index (χ1v) is 18.8. The third kappa shape index (κ3) is 4.77. The summed E-state index contributed by atoms with van der Waals surface area (Å²) in [6, 6.07) is 65.0. The third-order valence-electron chi connectivity index (χ3n) is 12.1. The van der Waals surface area contributed by atoms with Crippen LogP contribution in [0, 0.1) is 0 Å². The largest absolute Gasteiger partial charge is 0.310 e. The van der Waals surface area contributed by atoms with Crippen LogP contribution in [0.2, 0.25) is 0 Å². The van der Waals surface area contributed by atoms with Gasteiger partial charge in [0.1, 0.15) is 0 Å². The SMILES string of the molecule is CC1(C)c2ccccc2-c2cc3c(cc21)-c1c(cc(N(c2ccc(-c4ccccc4)cc2)c2ccc(-c4ccccc4)cc2)c2ccccc12)C3(C)C. The molecule has 0 unspecified atom stereocenters. The molecule has 2 aliphatic rings. The van der Waals surface area contributed by atoms with Gasteiger partial charge in [0.25, 0.3) is 0 Å². The molecule has 0 aliphatic heterocycles. The predicted molar refractivity (Wildman–Crippen MR) is 225 cm³/mol. The van der Waals surface area contributed by atoms with Gasteiger partial charge in [-0.15, -0.1) is 0 Å². The van der Waals surface area contributed by atoms with Crippen LogP contribution in [0.5, 0.6) is 0 Å². The van der Waals surface area contributed by atoms with Gasteiger partial charge in [0.15, 0.2) is 0 Å². The maximum atomic E-state index is 2.53. The van der Waals surface area contributed by atoms with Crippen LogP contribution in [0.1, 0.15) is 49.9 Å². The second-order valence-electron chi connectivity index (χ2n) is 15.8. The molecule has 0 amide bonds. The molecule has 8 aromatic rings. The molecule has 53 heavy (non-hydrogen) atoms. The van der Waals surface area contributed by atoms with E-state index in [1.165, 1.54) is 83.2 Å². The van der Waals surface area contributed by atoms with Gasteiger partial charge in [-0.3, -0.25) is 0 Å². The highest BCUT2D eigenvalue weighted by Gasteiger charge is 2.42. The molecule has 0 fully saturated rings. The van der Waals surface area contributed by atoms with Crippen LogP contribution in [0.3, 0.4) is 0 Å². The molecular formula is C52H41N. The Morgan fingerprint density at radius 2 is 0.792 bits per heavy atom. The normalized spacial score (nSPS) is 14.3. The van der Waals surface area contributed by atoms with E-state index < -0.39 is 0 Å². The number of rotatable bonds is 5. The van der Waals surface area contributed by atoms with Crippen molar-refractivity contribution in [3.05, 3.63) is 198 Å². The summed E-state index contributed by atoms with van der Waals surface area (Å²) in [5.41, 5.74) is 19.2. The van der Waals surface area contributed by atoms with Crippen molar-refractivity contribution >= 4 is 27.8 Å². The molecule has 0 heterocycles.